The van der Waals surface area contributed by atoms with Crippen molar-refractivity contribution in [1.29, 1.82) is 0 Å². The van der Waals surface area contributed by atoms with Gasteiger partial charge in [-0.25, -0.2) is 4.98 Å². The van der Waals surface area contributed by atoms with Gasteiger partial charge >= 0.3 is 0 Å². The molecule has 2 aromatic heterocycles. The number of para-hydroxylation sites is 3. The number of hydrogen-bond donors (Lipinski definition) is 1. The summed E-state index contributed by atoms with van der Waals surface area (Å²) in [7, 11) is 1.55. The second kappa shape index (κ2) is 6.83. The van der Waals surface area contributed by atoms with Gasteiger partial charge in [0.2, 0.25) is 5.89 Å². The van der Waals surface area contributed by atoms with Crippen molar-refractivity contribution in [2.24, 2.45) is 0 Å². The fourth-order valence-electron chi connectivity index (χ4n) is 3.21. The Bertz CT molecular complexity index is 1280. The first-order valence-corrected chi connectivity index (χ1v) is 9.05. The average molecular weight is 384 g/mol. The SMILES string of the molecule is COc1ccc(-c2nc3ccccc3o2)cc1NC(=O)c1cc2ccccc2o1. The summed E-state index contributed by atoms with van der Waals surface area (Å²) in [6.45, 7) is 0. The molecule has 5 aromatic rings. The predicted molar refractivity (Wildman–Crippen MR) is 110 cm³/mol. The topological polar surface area (TPSA) is 77.5 Å². The highest BCUT2D eigenvalue weighted by atomic mass is 16.5. The van der Waals surface area contributed by atoms with Crippen molar-refractivity contribution in [2.45, 2.75) is 0 Å². The molecule has 0 saturated heterocycles. The number of carbonyl (C=O) groups excluding carboxylic acids is 1. The van der Waals surface area contributed by atoms with Crippen molar-refractivity contribution in [1.82, 2.24) is 4.98 Å². The van der Waals surface area contributed by atoms with Gasteiger partial charge in [0, 0.05) is 10.9 Å². The standard InChI is InChI=1S/C23H16N2O4/c1-27-19-11-10-15(23-25-16-7-3-5-9-20(16)29-23)12-17(19)24-22(26)21-13-14-6-2-4-8-18(14)28-21/h2-13H,1H3,(H,24,26). The molecule has 0 bridgehead atoms. The van der Waals surface area contributed by atoms with Gasteiger partial charge in [0.25, 0.3) is 5.91 Å². The molecule has 6 heteroatoms. The van der Waals surface area contributed by atoms with Crippen molar-refractivity contribution in [2.75, 3.05) is 12.4 Å². The number of nitrogens with one attached hydrogen (secondary N) is 1. The Morgan fingerprint density at radius 1 is 0.931 bits per heavy atom. The van der Waals surface area contributed by atoms with Gasteiger partial charge in [0.05, 0.1) is 12.8 Å². The number of rotatable bonds is 4. The summed E-state index contributed by atoms with van der Waals surface area (Å²) in [4.78, 5) is 17.2. The van der Waals surface area contributed by atoms with Crippen LogP contribution in [0.1, 0.15) is 10.6 Å². The van der Waals surface area contributed by atoms with Gasteiger partial charge in [-0.2, -0.15) is 0 Å². The van der Waals surface area contributed by atoms with Gasteiger partial charge in [-0.05, 0) is 42.5 Å². The van der Waals surface area contributed by atoms with E-state index in [9.17, 15) is 4.79 Å². The number of ether oxygens (including phenoxy) is 1. The second-order valence-corrected chi connectivity index (χ2v) is 6.50. The summed E-state index contributed by atoms with van der Waals surface area (Å²) in [5.74, 6) is 0.845. The van der Waals surface area contributed by atoms with Crippen LogP contribution in [0.15, 0.2) is 81.6 Å². The van der Waals surface area contributed by atoms with Crippen molar-refractivity contribution in [3.8, 4) is 17.2 Å². The van der Waals surface area contributed by atoms with Crippen LogP contribution in [0.5, 0.6) is 5.75 Å². The van der Waals surface area contributed by atoms with Gasteiger partial charge in [-0.15, -0.1) is 0 Å². The molecule has 0 atom stereocenters. The van der Waals surface area contributed by atoms with E-state index in [2.05, 4.69) is 10.3 Å². The number of benzene rings is 3. The summed E-state index contributed by atoms with van der Waals surface area (Å²) in [6, 6.07) is 22.1. The van der Waals surface area contributed by atoms with Gasteiger partial charge in [0.15, 0.2) is 11.3 Å². The van der Waals surface area contributed by atoms with E-state index >= 15 is 0 Å². The summed E-state index contributed by atoms with van der Waals surface area (Å²) in [6.07, 6.45) is 0. The lowest BCUT2D eigenvalue weighted by atomic mass is 10.1. The fraction of sp³-hybridized carbons (Fsp3) is 0.0435. The molecule has 0 spiro atoms. The highest BCUT2D eigenvalue weighted by Crippen LogP contribution is 2.32. The summed E-state index contributed by atoms with van der Waals surface area (Å²) < 4.78 is 16.9. The highest BCUT2D eigenvalue weighted by Gasteiger charge is 2.16. The molecule has 0 radical (unpaired) electrons. The zero-order chi connectivity index (χ0) is 19.8. The normalized spacial score (nSPS) is 11.1. The lowest BCUT2D eigenvalue weighted by molar-refractivity contribution is 0.0998. The molecule has 1 amide bonds. The monoisotopic (exact) mass is 384 g/mol. The van der Waals surface area contributed by atoms with Crippen LogP contribution >= 0.6 is 0 Å². The molecular weight excluding hydrogens is 368 g/mol. The zero-order valence-corrected chi connectivity index (χ0v) is 15.5. The highest BCUT2D eigenvalue weighted by molar-refractivity contribution is 6.05. The smallest absolute Gasteiger partial charge is 0.291 e. The third-order valence-electron chi connectivity index (χ3n) is 4.64. The van der Waals surface area contributed by atoms with Crippen molar-refractivity contribution >= 4 is 33.7 Å². The van der Waals surface area contributed by atoms with E-state index < -0.39 is 0 Å². The fourth-order valence-corrected chi connectivity index (χ4v) is 3.21. The Morgan fingerprint density at radius 2 is 1.72 bits per heavy atom. The van der Waals surface area contributed by atoms with E-state index in [1.54, 1.807) is 25.3 Å². The molecule has 0 fully saturated rings. The number of carbonyl (C=O) groups is 1. The molecular formula is C23H16N2O4. The third-order valence-corrected chi connectivity index (χ3v) is 4.64. The first kappa shape index (κ1) is 17.1. The number of furan rings is 1. The number of anilines is 1. The van der Waals surface area contributed by atoms with Crippen molar-refractivity contribution in [3.05, 3.63) is 78.6 Å². The molecule has 29 heavy (non-hydrogen) atoms. The molecule has 0 aliphatic carbocycles. The minimum atomic E-state index is -0.366. The Kier molecular flexibility index (Phi) is 4.02. The number of hydrogen-bond acceptors (Lipinski definition) is 5. The first-order valence-electron chi connectivity index (χ1n) is 9.05. The molecule has 142 valence electrons. The number of fused-ring (bicyclic) bond motifs is 2. The predicted octanol–water partition coefficient (Wildman–Crippen LogP) is 5.50. The van der Waals surface area contributed by atoms with Crippen LogP contribution in [0, 0.1) is 0 Å². The lowest BCUT2D eigenvalue weighted by Crippen LogP contribution is -2.11. The number of nitrogens with zero attached hydrogens (tertiary/aromatic N) is 1. The van der Waals surface area contributed by atoms with Crippen molar-refractivity contribution < 1.29 is 18.4 Å². The Morgan fingerprint density at radius 3 is 2.52 bits per heavy atom. The van der Waals surface area contributed by atoms with E-state index in [0.717, 1.165) is 16.5 Å². The van der Waals surface area contributed by atoms with E-state index in [1.165, 1.54) is 0 Å². The minimum Gasteiger partial charge on any atom is -0.495 e. The molecule has 3 aromatic carbocycles. The van der Waals surface area contributed by atoms with Crippen molar-refractivity contribution in [3.63, 3.8) is 0 Å². The van der Waals surface area contributed by atoms with Gasteiger partial charge in [-0.3, -0.25) is 4.79 Å². The van der Waals surface area contributed by atoms with Crippen LogP contribution in [-0.2, 0) is 0 Å². The minimum absolute atomic E-state index is 0.223. The van der Waals surface area contributed by atoms with E-state index in [1.807, 2.05) is 54.6 Å². The van der Waals surface area contributed by atoms with Gasteiger partial charge < -0.3 is 18.9 Å². The van der Waals surface area contributed by atoms with Crippen LogP contribution < -0.4 is 10.1 Å². The van der Waals surface area contributed by atoms with Crippen LogP contribution in [0.3, 0.4) is 0 Å². The van der Waals surface area contributed by atoms with E-state index in [4.69, 9.17) is 13.6 Å². The molecule has 2 heterocycles. The molecule has 5 rings (SSSR count). The zero-order valence-electron chi connectivity index (χ0n) is 15.5. The van der Waals surface area contributed by atoms with Gasteiger partial charge in [-0.1, -0.05) is 30.3 Å². The Hall–Kier alpha value is -4.06. The number of methoxy groups -OCH3 is 1. The van der Waals surface area contributed by atoms with Gasteiger partial charge in [0.1, 0.15) is 16.8 Å². The Labute approximate surface area is 165 Å². The molecule has 1 N–H and O–H groups in total. The summed E-state index contributed by atoms with van der Waals surface area (Å²) in [5.41, 5.74) is 3.35. The molecule has 0 aliphatic rings. The summed E-state index contributed by atoms with van der Waals surface area (Å²) >= 11 is 0. The Balaban J connectivity index is 1.49. The quantitative estimate of drug-likeness (QED) is 0.443. The maximum absolute atomic E-state index is 12.7. The third kappa shape index (κ3) is 3.10. The number of amides is 1. The number of oxazole rings is 1. The maximum Gasteiger partial charge on any atom is 0.291 e. The largest absolute Gasteiger partial charge is 0.495 e. The van der Waals surface area contributed by atoms with E-state index in [0.29, 0.717) is 28.5 Å². The molecule has 6 nitrogen and oxygen atoms in total. The lowest BCUT2D eigenvalue weighted by Gasteiger charge is -2.10. The van der Waals surface area contributed by atoms with Crippen LogP contribution in [0.4, 0.5) is 5.69 Å². The van der Waals surface area contributed by atoms with Crippen LogP contribution in [-0.4, -0.2) is 18.0 Å². The maximum atomic E-state index is 12.7. The average Bonchev–Trinajstić information content (AvgIpc) is 3.38. The molecule has 0 saturated carbocycles. The first-order chi connectivity index (χ1) is 14.2. The van der Waals surface area contributed by atoms with Crippen LogP contribution in [0.25, 0.3) is 33.5 Å². The van der Waals surface area contributed by atoms with Crippen LogP contribution in [0.2, 0.25) is 0 Å². The summed E-state index contributed by atoms with van der Waals surface area (Å²) in [5, 5.41) is 3.72. The number of aromatic nitrogens is 1. The van der Waals surface area contributed by atoms with E-state index in [-0.39, 0.29) is 11.7 Å². The molecule has 0 unspecified atom stereocenters. The molecule has 0 aliphatic heterocycles. The second-order valence-electron chi connectivity index (χ2n) is 6.50.